The third-order valence-corrected chi connectivity index (χ3v) is 4.23. The molecule has 0 fully saturated rings. The molecule has 1 amide bonds. The van der Waals surface area contributed by atoms with Crippen LogP contribution in [0.25, 0.3) is 0 Å². The van der Waals surface area contributed by atoms with E-state index in [0.717, 1.165) is 15.7 Å². The van der Waals surface area contributed by atoms with Crippen LogP contribution in [0, 0.1) is 3.57 Å². The molecule has 2 aromatic rings. The van der Waals surface area contributed by atoms with Gasteiger partial charge in [0.1, 0.15) is 0 Å². The Hall–Kier alpha value is -1.27. The van der Waals surface area contributed by atoms with Gasteiger partial charge < -0.3 is 10.6 Å². The highest BCUT2D eigenvalue weighted by molar-refractivity contribution is 14.1. The SMILES string of the molecule is CCCN(C(=O)c1cc(Cl)ccc1I)c1ccc(N)cc1. The molecular weight excluding hydrogens is 399 g/mol. The molecule has 3 nitrogen and oxygen atoms in total. The van der Waals surface area contributed by atoms with Gasteiger partial charge >= 0.3 is 0 Å². The molecule has 0 aliphatic rings. The van der Waals surface area contributed by atoms with Crippen molar-refractivity contribution >= 4 is 51.5 Å². The summed E-state index contributed by atoms with van der Waals surface area (Å²) in [5.74, 6) is -0.0477. The zero-order valence-corrected chi connectivity index (χ0v) is 14.6. The first-order chi connectivity index (χ1) is 10.0. The van der Waals surface area contributed by atoms with Gasteiger partial charge in [0.05, 0.1) is 5.56 Å². The van der Waals surface area contributed by atoms with Crippen molar-refractivity contribution in [1.29, 1.82) is 0 Å². The molecule has 2 aromatic carbocycles. The van der Waals surface area contributed by atoms with E-state index in [9.17, 15) is 4.79 Å². The van der Waals surface area contributed by atoms with Gasteiger partial charge in [0.15, 0.2) is 0 Å². The number of nitrogens with two attached hydrogens (primary N) is 1. The van der Waals surface area contributed by atoms with Crippen LogP contribution < -0.4 is 10.6 Å². The average Bonchev–Trinajstić information content (AvgIpc) is 2.48. The molecule has 110 valence electrons. The lowest BCUT2D eigenvalue weighted by molar-refractivity contribution is 0.0986. The molecule has 2 N–H and O–H groups in total. The topological polar surface area (TPSA) is 46.3 Å². The zero-order chi connectivity index (χ0) is 15.4. The quantitative estimate of drug-likeness (QED) is 0.588. The average molecular weight is 415 g/mol. The van der Waals surface area contributed by atoms with Crippen LogP contribution in [0.1, 0.15) is 23.7 Å². The molecule has 21 heavy (non-hydrogen) atoms. The number of carbonyl (C=O) groups is 1. The van der Waals surface area contributed by atoms with Crippen LogP contribution in [-0.4, -0.2) is 12.5 Å². The Morgan fingerprint density at radius 3 is 2.52 bits per heavy atom. The van der Waals surface area contributed by atoms with Gasteiger partial charge in [-0.2, -0.15) is 0 Å². The molecule has 0 aliphatic carbocycles. The fourth-order valence-electron chi connectivity index (χ4n) is 2.03. The number of amides is 1. The monoisotopic (exact) mass is 414 g/mol. The standard InChI is InChI=1S/C16H16ClIN2O/c1-2-9-20(13-6-4-12(19)5-7-13)16(21)14-10-11(17)3-8-15(14)18/h3-8,10H,2,9,19H2,1H3. The molecule has 0 radical (unpaired) electrons. The third-order valence-electron chi connectivity index (χ3n) is 3.06. The van der Waals surface area contributed by atoms with Gasteiger partial charge in [-0.25, -0.2) is 0 Å². The van der Waals surface area contributed by atoms with Gasteiger partial charge in [0.2, 0.25) is 0 Å². The summed E-state index contributed by atoms with van der Waals surface area (Å²) in [5, 5.41) is 0.563. The summed E-state index contributed by atoms with van der Waals surface area (Å²) in [6.07, 6.45) is 0.868. The zero-order valence-electron chi connectivity index (χ0n) is 11.6. The fourth-order valence-corrected chi connectivity index (χ4v) is 2.77. The maximum absolute atomic E-state index is 12.8. The van der Waals surface area contributed by atoms with E-state index in [1.165, 1.54) is 0 Å². The van der Waals surface area contributed by atoms with Crippen molar-refractivity contribution in [3.8, 4) is 0 Å². The number of benzene rings is 2. The molecule has 0 aliphatic heterocycles. The number of anilines is 2. The molecule has 0 aromatic heterocycles. The van der Waals surface area contributed by atoms with E-state index < -0.39 is 0 Å². The van der Waals surface area contributed by atoms with Crippen molar-refractivity contribution in [3.05, 3.63) is 56.6 Å². The van der Waals surface area contributed by atoms with Crippen LogP contribution in [0.2, 0.25) is 5.02 Å². The van der Waals surface area contributed by atoms with Crippen molar-refractivity contribution in [2.75, 3.05) is 17.2 Å². The van der Waals surface area contributed by atoms with E-state index in [1.54, 1.807) is 29.2 Å². The summed E-state index contributed by atoms with van der Waals surface area (Å²) in [6.45, 7) is 2.69. The summed E-state index contributed by atoms with van der Waals surface area (Å²) in [5.41, 5.74) is 7.85. The van der Waals surface area contributed by atoms with E-state index in [1.807, 2.05) is 25.1 Å². The first-order valence-corrected chi connectivity index (χ1v) is 8.11. The van der Waals surface area contributed by atoms with Crippen LogP contribution >= 0.6 is 34.2 Å². The maximum atomic E-state index is 12.8. The predicted molar refractivity (Wildman–Crippen MR) is 97.0 cm³/mol. The van der Waals surface area contributed by atoms with Crippen molar-refractivity contribution in [2.45, 2.75) is 13.3 Å². The van der Waals surface area contributed by atoms with Crippen molar-refractivity contribution in [3.63, 3.8) is 0 Å². The molecule has 0 saturated heterocycles. The molecule has 0 bridgehead atoms. The Bertz CT molecular complexity index is 643. The largest absolute Gasteiger partial charge is 0.399 e. The Morgan fingerprint density at radius 2 is 1.90 bits per heavy atom. The number of carbonyl (C=O) groups excluding carboxylic acids is 1. The minimum atomic E-state index is -0.0477. The Balaban J connectivity index is 2.39. The predicted octanol–water partition coefficient (Wildman–Crippen LogP) is 4.58. The summed E-state index contributed by atoms with van der Waals surface area (Å²) in [7, 11) is 0. The lowest BCUT2D eigenvalue weighted by atomic mass is 10.1. The van der Waals surface area contributed by atoms with Crippen molar-refractivity contribution in [1.82, 2.24) is 0 Å². The first kappa shape index (κ1) is 16.1. The van der Waals surface area contributed by atoms with Crippen LogP contribution in [0.3, 0.4) is 0 Å². The van der Waals surface area contributed by atoms with E-state index in [4.69, 9.17) is 17.3 Å². The summed E-state index contributed by atoms with van der Waals surface area (Å²) in [4.78, 5) is 14.6. The molecule has 0 heterocycles. The van der Waals surface area contributed by atoms with Crippen LogP contribution in [0.15, 0.2) is 42.5 Å². The molecule has 0 saturated carbocycles. The fraction of sp³-hybridized carbons (Fsp3) is 0.188. The molecular formula is C16H16ClIN2O. The van der Waals surface area contributed by atoms with Crippen LogP contribution in [-0.2, 0) is 0 Å². The second-order valence-corrected chi connectivity index (χ2v) is 6.27. The first-order valence-electron chi connectivity index (χ1n) is 6.65. The Morgan fingerprint density at radius 1 is 1.24 bits per heavy atom. The normalized spacial score (nSPS) is 10.4. The minimum absolute atomic E-state index is 0.0477. The Labute approximate surface area is 143 Å². The number of halogens is 2. The summed E-state index contributed by atoms with van der Waals surface area (Å²) in [6, 6.07) is 12.7. The maximum Gasteiger partial charge on any atom is 0.259 e. The molecule has 5 heteroatoms. The molecule has 0 atom stereocenters. The van der Waals surface area contributed by atoms with Crippen LogP contribution in [0.4, 0.5) is 11.4 Å². The van der Waals surface area contributed by atoms with Gasteiger partial charge in [-0.3, -0.25) is 4.79 Å². The van der Waals surface area contributed by atoms with Gasteiger partial charge in [-0.05, 0) is 71.5 Å². The second kappa shape index (κ2) is 7.13. The second-order valence-electron chi connectivity index (χ2n) is 4.67. The van der Waals surface area contributed by atoms with Gasteiger partial charge in [-0.1, -0.05) is 18.5 Å². The van der Waals surface area contributed by atoms with Crippen LogP contribution in [0.5, 0.6) is 0 Å². The molecule has 0 spiro atoms. The minimum Gasteiger partial charge on any atom is -0.399 e. The number of nitrogens with zero attached hydrogens (tertiary/aromatic N) is 1. The van der Waals surface area contributed by atoms with Crippen molar-refractivity contribution < 1.29 is 4.79 Å². The van der Waals surface area contributed by atoms with E-state index in [0.29, 0.717) is 22.8 Å². The highest BCUT2D eigenvalue weighted by atomic mass is 127. The summed E-state index contributed by atoms with van der Waals surface area (Å²) < 4.78 is 0.888. The third kappa shape index (κ3) is 3.89. The Kier molecular flexibility index (Phi) is 5.47. The smallest absolute Gasteiger partial charge is 0.259 e. The highest BCUT2D eigenvalue weighted by Crippen LogP contribution is 2.24. The van der Waals surface area contributed by atoms with E-state index in [2.05, 4.69) is 22.6 Å². The number of nitrogen functional groups attached to an aromatic ring is 1. The lowest BCUT2D eigenvalue weighted by Crippen LogP contribution is -2.32. The highest BCUT2D eigenvalue weighted by Gasteiger charge is 2.19. The number of hydrogen-bond acceptors (Lipinski definition) is 2. The van der Waals surface area contributed by atoms with E-state index >= 15 is 0 Å². The lowest BCUT2D eigenvalue weighted by Gasteiger charge is -2.23. The van der Waals surface area contributed by atoms with Gasteiger partial charge in [0, 0.05) is 26.5 Å². The summed E-state index contributed by atoms with van der Waals surface area (Å²) >= 11 is 8.17. The van der Waals surface area contributed by atoms with Crippen molar-refractivity contribution in [2.24, 2.45) is 0 Å². The van der Waals surface area contributed by atoms with Gasteiger partial charge in [-0.15, -0.1) is 0 Å². The number of hydrogen-bond donors (Lipinski definition) is 1. The van der Waals surface area contributed by atoms with E-state index in [-0.39, 0.29) is 5.91 Å². The number of rotatable bonds is 4. The molecule has 0 unspecified atom stereocenters. The van der Waals surface area contributed by atoms with Gasteiger partial charge in [0.25, 0.3) is 5.91 Å². The molecule has 2 rings (SSSR count).